The van der Waals surface area contributed by atoms with Gasteiger partial charge in [-0.1, -0.05) is 60.1 Å². The predicted octanol–water partition coefficient (Wildman–Crippen LogP) is 8.72. The Hall–Kier alpha value is -0.720. The second kappa shape index (κ2) is 8.32. The molecule has 1 nitrogen and oxygen atoms in total. The molecule has 1 unspecified atom stereocenters. The lowest BCUT2D eigenvalue weighted by Gasteiger charge is -2.61. The van der Waals surface area contributed by atoms with Crippen molar-refractivity contribution in [3.8, 4) is 0 Å². The van der Waals surface area contributed by atoms with Crippen LogP contribution in [0.2, 0.25) is 0 Å². The standard InChI is InChI=1S/C29H48O/c1-7-22(19(2)3)27(30)18-20(4)24-13-14-25-23-12-11-21-10-8-9-16-28(21,5)26(23)15-17-29(24,25)6/h7,19-21,23-26,30H,1,8-18H2,2-6H3/b27-22-/t20-,21?,23+,24-,25+,26+,28+,29-/m1/s1. The first-order valence-electron chi connectivity index (χ1n) is 13.3. The summed E-state index contributed by atoms with van der Waals surface area (Å²) in [5, 5.41) is 10.8. The molecule has 0 bridgehead atoms. The van der Waals surface area contributed by atoms with E-state index in [2.05, 4.69) is 41.2 Å². The Morgan fingerprint density at radius 3 is 2.37 bits per heavy atom. The third-order valence-electron chi connectivity index (χ3n) is 11.0. The molecule has 4 aliphatic carbocycles. The summed E-state index contributed by atoms with van der Waals surface area (Å²) in [5.74, 6) is 6.19. The Labute approximate surface area is 186 Å². The van der Waals surface area contributed by atoms with E-state index in [4.69, 9.17) is 0 Å². The fourth-order valence-corrected chi connectivity index (χ4v) is 9.52. The maximum absolute atomic E-state index is 10.8. The average molecular weight is 413 g/mol. The fraction of sp³-hybridized carbons (Fsp3) is 0.862. The van der Waals surface area contributed by atoms with Crippen molar-refractivity contribution >= 4 is 0 Å². The van der Waals surface area contributed by atoms with Crippen molar-refractivity contribution in [3.05, 3.63) is 24.0 Å². The summed E-state index contributed by atoms with van der Waals surface area (Å²) in [7, 11) is 0. The zero-order valence-electron chi connectivity index (χ0n) is 20.6. The smallest absolute Gasteiger partial charge is 0.0959 e. The Morgan fingerprint density at radius 2 is 1.67 bits per heavy atom. The molecular formula is C29H48O. The van der Waals surface area contributed by atoms with Crippen LogP contribution in [-0.2, 0) is 0 Å². The number of rotatable bonds is 5. The number of aliphatic hydroxyl groups excluding tert-OH is 1. The monoisotopic (exact) mass is 412 g/mol. The highest BCUT2D eigenvalue weighted by Gasteiger charge is 2.60. The second-order valence-corrected chi connectivity index (χ2v) is 12.6. The molecule has 0 aromatic carbocycles. The van der Waals surface area contributed by atoms with E-state index >= 15 is 0 Å². The molecule has 4 rings (SSSR count). The molecule has 4 fully saturated rings. The van der Waals surface area contributed by atoms with Gasteiger partial charge in [0.1, 0.15) is 0 Å². The van der Waals surface area contributed by atoms with E-state index in [1.165, 1.54) is 64.2 Å². The average Bonchev–Trinajstić information content (AvgIpc) is 3.05. The topological polar surface area (TPSA) is 20.2 Å². The second-order valence-electron chi connectivity index (χ2n) is 12.6. The minimum Gasteiger partial charge on any atom is -0.512 e. The van der Waals surface area contributed by atoms with Crippen molar-refractivity contribution in [2.75, 3.05) is 0 Å². The van der Waals surface area contributed by atoms with Gasteiger partial charge in [-0.3, -0.25) is 0 Å². The highest BCUT2D eigenvalue weighted by Crippen LogP contribution is 2.68. The third kappa shape index (κ3) is 3.51. The van der Waals surface area contributed by atoms with Crippen molar-refractivity contribution in [3.63, 3.8) is 0 Å². The van der Waals surface area contributed by atoms with Crippen LogP contribution >= 0.6 is 0 Å². The van der Waals surface area contributed by atoms with Gasteiger partial charge in [0.15, 0.2) is 0 Å². The molecule has 1 heteroatoms. The SMILES string of the molecule is C=C/C(=C(/O)C[C@@H](C)[C@H]1CC[C@H]2[C@@H]3CCC4CCCC[C@]4(C)[C@H]3CC[C@]12C)C(C)C. The Kier molecular flexibility index (Phi) is 6.24. The van der Waals surface area contributed by atoms with Crippen molar-refractivity contribution in [2.45, 2.75) is 105 Å². The summed E-state index contributed by atoms with van der Waals surface area (Å²) >= 11 is 0. The van der Waals surface area contributed by atoms with Gasteiger partial charge >= 0.3 is 0 Å². The molecule has 0 aliphatic heterocycles. The van der Waals surface area contributed by atoms with Crippen molar-refractivity contribution in [1.29, 1.82) is 0 Å². The molecule has 4 aliphatic rings. The van der Waals surface area contributed by atoms with E-state index in [9.17, 15) is 5.11 Å². The minimum absolute atomic E-state index is 0.350. The lowest BCUT2D eigenvalue weighted by atomic mass is 9.44. The number of hydrogen-bond acceptors (Lipinski definition) is 1. The highest BCUT2D eigenvalue weighted by atomic mass is 16.3. The Bertz CT molecular complexity index is 674. The zero-order valence-corrected chi connectivity index (χ0v) is 20.6. The van der Waals surface area contributed by atoms with E-state index < -0.39 is 0 Å². The van der Waals surface area contributed by atoms with Gasteiger partial charge in [0.2, 0.25) is 0 Å². The largest absolute Gasteiger partial charge is 0.512 e. The summed E-state index contributed by atoms with van der Waals surface area (Å²) in [4.78, 5) is 0. The van der Waals surface area contributed by atoms with E-state index in [0.717, 1.165) is 41.6 Å². The van der Waals surface area contributed by atoms with Crippen LogP contribution in [0, 0.1) is 52.3 Å². The van der Waals surface area contributed by atoms with Gasteiger partial charge in [0, 0.05) is 6.42 Å². The molecule has 0 radical (unpaired) electrons. The normalized spacial score (nSPS) is 45.2. The molecule has 170 valence electrons. The molecular weight excluding hydrogens is 364 g/mol. The first kappa shape index (κ1) is 22.5. The summed E-state index contributed by atoms with van der Waals surface area (Å²) in [6.07, 6.45) is 17.4. The molecule has 0 saturated heterocycles. The van der Waals surface area contributed by atoms with Gasteiger partial charge < -0.3 is 5.11 Å². The molecule has 1 N–H and O–H groups in total. The number of fused-ring (bicyclic) bond motifs is 5. The molecule has 4 saturated carbocycles. The summed E-state index contributed by atoms with van der Waals surface area (Å²) in [6.45, 7) is 16.0. The molecule has 0 heterocycles. The van der Waals surface area contributed by atoms with Crippen LogP contribution in [0.25, 0.3) is 0 Å². The third-order valence-corrected chi connectivity index (χ3v) is 11.0. The lowest BCUT2D eigenvalue weighted by molar-refractivity contribution is -0.114. The van der Waals surface area contributed by atoms with Gasteiger partial charge in [-0.2, -0.15) is 0 Å². The first-order valence-corrected chi connectivity index (χ1v) is 13.3. The summed E-state index contributed by atoms with van der Waals surface area (Å²) in [5.41, 5.74) is 2.18. The van der Waals surface area contributed by atoms with Gasteiger partial charge in [-0.15, -0.1) is 0 Å². The highest BCUT2D eigenvalue weighted by molar-refractivity contribution is 5.22. The van der Waals surface area contributed by atoms with Crippen LogP contribution in [0.15, 0.2) is 24.0 Å². The predicted molar refractivity (Wildman–Crippen MR) is 128 cm³/mol. The molecule has 0 aromatic heterocycles. The fourth-order valence-electron chi connectivity index (χ4n) is 9.52. The van der Waals surface area contributed by atoms with Crippen LogP contribution in [-0.4, -0.2) is 5.11 Å². The molecule has 30 heavy (non-hydrogen) atoms. The quantitative estimate of drug-likeness (QED) is 0.353. The van der Waals surface area contributed by atoms with E-state index in [1.807, 2.05) is 6.08 Å². The summed E-state index contributed by atoms with van der Waals surface area (Å²) in [6, 6.07) is 0. The van der Waals surface area contributed by atoms with Gasteiger partial charge in [0.05, 0.1) is 5.76 Å². The molecule has 8 atom stereocenters. The van der Waals surface area contributed by atoms with E-state index in [-0.39, 0.29) is 0 Å². The minimum atomic E-state index is 0.350. The maximum atomic E-state index is 10.8. The van der Waals surface area contributed by atoms with Crippen molar-refractivity contribution in [1.82, 2.24) is 0 Å². The molecule has 0 spiro atoms. The van der Waals surface area contributed by atoms with Gasteiger partial charge in [0.25, 0.3) is 0 Å². The van der Waals surface area contributed by atoms with Crippen LogP contribution < -0.4 is 0 Å². The first-order chi connectivity index (χ1) is 14.2. The number of aliphatic hydroxyl groups is 1. The Balaban J connectivity index is 1.52. The van der Waals surface area contributed by atoms with Crippen molar-refractivity contribution < 1.29 is 5.11 Å². The van der Waals surface area contributed by atoms with Gasteiger partial charge in [-0.05, 0) is 109 Å². The van der Waals surface area contributed by atoms with E-state index in [1.54, 1.807) is 0 Å². The Morgan fingerprint density at radius 1 is 0.933 bits per heavy atom. The number of allylic oxidation sites excluding steroid dienone is 3. The molecule has 0 aromatic rings. The van der Waals surface area contributed by atoms with Crippen molar-refractivity contribution in [2.24, 2.45) is 52.3 Å². The molecule has 0 amide bonds. The van der Waals surface area contributed by atoms with Crippen LogP contribution in [0.3, 0.4) is 0 Å². The summed E-state index contributed by atoms with van der Waals surface area (Å²) < 4.78 is 0. The van der Waals surface area contributed by atoms with Crippen LogP contribution in [0.5, 0.6) is 0 Å². The van der Waals surface area contributed by atoms with E-state index in [0.29, 0.717) is 28.4 Å². The lowest BCUT2D eigenvalue weighted by Crippen LogP contribution is -2.53. The maximum Gasteiger partial charge on any atom is 0.0959 e. The van der Waals surface area contributed by atoms with Crippen LogP contribution in [0.1, 0.15) is 105 Å². The van der Waals surface area contributed by atoms with Crippen LogP contribution in [0.4, 0.5) is 0 Å². The zero-order chi connectivity index (χ0) is 21.7. The van der Waals surface area contributed by atoms with Gasteiger partial charge in [-0.25, -0.2) is 0 Å². The number of hydrogen-bond donors (Lipinski definition) is 1.